The second-order valence-corrected chi connectivity index (χ2v) is 7.87. The van der Waals surface area contributed by atoms with Gasteiger partial charge >= 0.3 is 0 Å². The zero-order chi connectivity index (χ0) is 16.2. The minimum atomic E-state index is -3.25. The predicted molar refractivity (Wildman–Crippen MR) is 87.4 cm³/mol. The first-order chi connectivity index (χ1) is 10.4. The first kappa shape index (κ1) is 17.2. The van der Waals surface area contributed by atoms with Crippen LogP contribution in [-0.4, -0.2) is 44.6 Å². The van der Waals surface area contributed by atoms with Crippen LogP contribution in [0.2, 0.25) is 5.02 Å². The van der Waals surface area contributed by atoms with Crippen LogP contribution in [0.15, 0.2) is 24.3 Å². The summed E-state index contributed by atoms with van der Waals surface area (Å²) in [5.41, 5.74) is 0.801. The minimum absolute atomic E-state index is 0.00639. The highest BCUT2D eigenvalue weighted by Gasteiger charge is 2.27. The number of rotatable bonds is 5. The molecule has 1 fully saturated rings. The molecule has 1 N–H and O–H groups in total. The third-order valence-electron chi connectivity index (χ3n) is 3.83. The number of benzene rings is 1. The Kier molecular flexibility index (Phi) is 5.83. The zero-order valence-electron chi connectivity index (χ0n) is 12.6. The molecule has 2 rings (SSSR count). The average Bonchev–Trinajstić information content (AvgIpc) is 2.47. The van der Waals surface area contributed by atoms with E-state index in [1.807, 2.05) is 18.2 Å². The highest BCUT2D eigenvalue weighted by atomic mass is 35.5. The number of nitrogens with zero attached hydrogens (tertiary/aromatic N) is 1. The lowest BCUT2D eigenvalue weighted by Crippen LogP contribution is -2.49. The van der Waals surface area contributed by atoms with Gasteiger partial charge in [0, 0.05) is 24.2 Å². The normalized spacial score (nSPS) is 19.2. The molecule has 1 heterocycles. The molecule has 1 atom stereocenters. The molecule has 0 aromatic heterocycles. The average molecular weight is 345 g/mol. The molecule has 1 aromatic rings. The quantitative estimate of drug-likeness (QED) is 0.886. The number of carbonyl (C=O) groups is 1. The van der Waals surface area contributed by atoms with Gasteiger partial charge in [-0.15, -0.1) is 0 Å². The van der Waals surface area contributed by atoms with Crippen molar-refractivity contribution in [3.8, 4) is 0 Å². The summed E-state index contributed by atoms with van der Waals surface area (Å²) in [7, 11) is -3.25. The van der Waals surface area contributed by atoms with Crippen LogP contribution in [0.3, 0.4) is 0 Å². The van der Waals surface area contributed by atoms with Gasteiger partial charge in [-0.05, 0) is 30.9 Å². The van der Waals surface area contributed by atoms with Gasteiger partial charge in [0.25, 0.3) is 0 Å². The summed E-state index contributed by atoms with van der Waals surface area (Å²) in [6, 6.07) is 7.21. The van der Waals surface area contributed by atoms with Crippen molar-refractivity contribution in [1.82, 2.24) is 9.62 Å². The summed E-state index contributed by atoms with van der Waals surface area (Å²) >= 11 is 6.10. The maximum atomic E-state index is 12.5. The van der Waals surface area contributed by atoms with Gasteiger partial charge in [0.05, 0.1) is 12.7 Å². The molecule has 1 saturated heterocycles. The lowest BCUT2D eigenvalue weighted by Gasteiger charge is -2.36. The molecule has 5 nitrogen and oxygen atoms in total. The van der Waals surface area contributed by atoms with E-state index in [9.17, 15) is 13.2 Å². The number of sulfonamides is 1. The Bertz CT molecular complexity index is 633. The summed E-state index contributed by atoms with van der Waals surface area (Å²) in [4.78, 5) is 14.3. The summed E-state index contributed by atoms with van der Waals surface area (Å²) < 4.78 is 25.0. The van der Waals surface area contributed by atoms with Crippen LogP contribution in [0, 0.1) is 0 Å². The highest BCUT2D eigenvalue weighted by molar-refractivity contribution is 7.88. The molecule has 22 heavy (non-hydrogen) atoms. The van der Waals surface area contributed by atoms with E-state index in [0.717, 1.165) is 31.1 Å². The molecule has 1 aliphatic rings. The van der Waals surface area contributed by atoms with E-state index in [1.165, 1.54) is 0 Å². The van der Waals surface area contributed by atoms with Gasteiger partial charge in [0.2, 0.25) is 15.9 Å². The topological polar surface area (TPSA) is 66.5 Å². The van der Waals surface area contributed by atoms with Gasteiger partial charge in [-0.25, -0.2) is 13.1 Å². The van der Waals surface area contributed by atoms with Crippen LogP contribution >= 0.6 is 11.6 Å². The van der Waals surface area contributed by atoms with Crippen LogP contribution in [0.25, 0.3) is 0 Å². The third-order valence-corrected chi connectivity index (χ3v) is 4.89. The molecule has 0 radical (unpaired) electrons. The van der Waals surface area contributed by atoms with E-state index in [1.54, 1.807) is 11.0 Å². The molecule has 0 saturated carbocycles. The van der Waals surface area contributed by atoms with E-state index in [-0.39, 0.29) is 24.9 Å². The predicted octanol–water partition coefficient (Wildman–Crippen LogP) is 1.81. The van der Waals surface area contributed by atoms with Gasteiger partial charge in [0.1, 0.15) is 0 Å². The second-order valence-electron chi connectivity index (χ2n) is 5.63. The van der Waals surface area contributed by atoms with Crippen molar-refractivity contribution < 1.29 is 13.2 Å². The molecule has 7 heteroatoms. The van der Waals surface area contributed by atoms with Gasteiger partial charge in [-0.1, -0.05) is 29.8 Å². The second kappa shape index (κ2) is 7.44. The summed E-state index contributed by atoms with van der Waals surface area (Å²) in [5, 5.41) is 0.582. The Labute approximate surface area is 136 Å². The molecular weight excluding hydrogens is 324 g/mol. The van der Waals surface area contributed by atoms with Gasteiger partial charge in [-0.3, -0.25) is 4.79 Å². The smallest absolute Gasteiger partial charge is 0.227 e. The van der Waals surface area contributed by atoms with E-state index in [0.29, 0.717) is 11.6 Å². The first-order valence-corrected chi connectivity index (χ1v) is 9.61. The SMILES string of the molecule is CS(=O)(=O)NCC1CCCCN1C(=O)Cc1ccccc1Cl. The summed E-state index contributed by atoms with van der Waals surface area (Å²) in [5.74, 6) is -0.00639. The Morgan fingerprint density at radius 1 is 1.36 bits per heavy atom. The molecular formula is C15H21ClN2O3S. The summed E-state index contributed by atoms with van der Waals surface area (Å²) in [6.45, 7) is 0.937. The Hall–Kier alpha value is -1.11. The Morgan fingerprint density at radius 2 is 2.09 bits per heavy atom. The number of amides is 1. The number of likely N-dealkylation sites (tertiary alicyclic amines) is 1. The fourth-order valence-electron chi connectivity index (χ4n) is 2.69. The minimum Gasteiger partial charge on any atom is -0.338 e. The largest absolute Gasteiger partial charge is 0.338 e. The monoisotopic (exact) mass is 344 g/mol. The zero-order valence-corrected chi connectivity index (χ0v) is 14.2. The van der Waals surface area contributed by atoms with Crippen LogP contribution < -0.4 is 4.72 Å². The van der Waals surface area contributed by atoms with E-state index in [4.69, 9.17) is 11.6 Å². The number of piperidine rings is 1. The van der Waals surface area contributed by atoms with E-state index in [2.05, 4.69) is 4.72 Å². The Balaban J connectivity index is 2.03. The molecule has 1 aromatic carbocycles. The lowest BCUT2D eigenvalue weighted by atomic mass is 10.0. The number of nitrogens with one attached hydrogen (secondary N) is 1. The van der Waals surface area contributed by atoms with Gasteiger partial charge < -0.3 is 4.90 Å². The van der Waals surface area contributed by atoms with Crippen molar-refractivity contribution in [2.75, 3.05) is 19.3 Å². The molecule has 0 spiro atoms. The molecule has 122 valence electrons. The van der Waals surface area contributed by atoms with Gasteiger partial charge in [-0.2, -0.15) is 0 Å². The first-order valence-electron chi connectivity index (χ1n) is 7.34. The standard InChI is InChI=1S/C15H21ClN2O3S/c1-22(20,21)17-11-13-7-4-5-9-18(13)15(19)10-12-6-2-3-8-14(12)16/h2-3,6,8,13,17H,4-5,7,9-11H2,1H3. The van der Waals surface area contributed by atoms with Crippen molar-refractivity contribution in [3.05, 3.63) is 34.9 Å². The number of halogens is 1. The van der Waals surface area contributed by atoms with Crippen LogP contribution in [-0.2, 0) is 21.2 Å². The highest BCUT2D eigenvalue weighted by Crippen LogP contribution is 2.21. The van der Waals surface area contributed by atoms with Crippen LogP contribution in [0.1, 0.15) is 24.8 Å². The van der Waals surface area contributed by atoms with Crippen molar-refractivity contribution >= 4 is 27.5 Å². The van der Waals surface area contributed by atoms with Crippen molar-refractivity contribution in [3.63, 3.8) is 0 Å². The fraction of sp³-hybridized carbons (Fsp3) is 0.533. The van der Waals surface area contributed by atoms with E-state index >= 15 is 0 Å². The molecule has 1 unspecified atom stereocenters. The summed E-state index contributed by atoms with van der Waals surface area (Å²) in [6.07, 6.45) is 4.15. The van der Waals surface area contributed by atoms with Crippen molar-refractivity contribution in [1.29, 1.82) is 0 Å². The maximum Gasteiger partial charge on any atom is 0.227 e. The van der Waals surface area contributed by atoms with Gasteiger partial charge in [0.15, 0.2) is 0 Å². The molecule has 0 bridgehead atoms. The van der Waals surface area contributed by atoms with E-state index < -0.39 is 10.0 Å². The number of carbonyl (C=O) groups excluding carboxylic acids is 1. The fourth-order valence-corrected chi connectivity index (χ4v) is 3.39. The molecule has 1 amide bonds. The maximum absolute atomic E-state index is 12.5. The molecule has 1 aliphatic heterocycles. The number of hydrogen-bond donors (Lipinski definition) is 1. The number of hydrogen-bond acceptors (Lipinski definition) is 3. The van der Waals surface area contributed by atoms with Crippen molar-refractivity contribution in [2.24, 2.45) is 0 Å². The lowest BCUT2D eigenvalue weighted by molar-refractivity contribution is -0.133. The van der Waals surface area contributed by atoms with Crippen molar-refractivity contribution in [2.45, 2.75) is 31.7 Å². The van der Waals surface area contributed by atoms with Crippen LogP contribution in [0.5, 0.6) is 0 Å². The molecule has 0 aliphatic carbocycles. The Morgan fingerprint density at radius 3 is 2.77 bits per heavy atom. The third kappa shape index (κ3) is 4.97. The van der Waals surface area contributed by atoms with Crippen LogP contribution in [0.4, 0.5) is 0 Å².